The summed E-state index contributed by atoms with van der Waals surface area (Å²) in [6.07, 6.45) is 0. The number of hydrogen-bond acceptors (Lipinski definition) is 3. The molecule has 31 heavy (non-hydrogen) atoms. The molecule has 3 rings (SSSR count). The number of benzene rings is 3. The van der Waals surface area contributed by atoms with Crippen LogP contribution < -0.4 is 9.62 Å². The van der Waals surface area contributed by atoms with Gasteiger partial charge in [-0.1, -0.05) is 47.5 Å². The lowest BCUT2D eigenvalue weighted by molar-refractivity contribution is -0.120. The van der Waals surface area contributed by atoms with E-state index in [0.29, 0.717) is 5.69 Å². The van der Waals surface area contributed by atoms with Gasteiger partial charge < -0.3 is 5.32 Å². The SMILES string of the molecule is Cc1ccc(C(C)NC(=O)CN(c2ccc(C)cc2)S(=O)(=O)c2ccc(F)cc2)cc1. The van der Waals surface area contributed by atoms with Crippen molar-refractivity contribution in [1.82, 2.24) is 5.32 Å². The third kappa shape index (κ3) is 5.49. The number of amides is 1. The molecule has 0 heterocycles. The van der Waals surface area contributed by atoms with Crippen molar-refractivity contribution in [3.05, 3.63) is 95.3 Å². The van der Waals surface area contributed by atoms with E-state index in [4.69, 9.17) is 0 Å². The molecule has 0 aliphatic heterocycles. The highest BCUT2D eigenvalue weighted by molar-refractivity contribution is 7.92. The van der Waals surface area contributed by atoms with Gasteiger partial charge in [0.2, 0.25) is 5.91 Å². The monoisotopic (exact) mass is 440 g/mol. The summed E-state index contributed by atoms with van der Waals surface area (Å²) in [7, 11) is -4.08. The van der Waals surface area contributed by atoms with Gasteiger partial charge in [0.25, 0.3) is 10.0 Å². The van der Waals surface area contributed by atoms with Gasteiger partial charge in [-0.25, -0.2) is 12.8 Å². The van der Waals surface area contributed by atoms with E-state index in [9.17, 15) is 17.6 Å². The summed E-state index contributed by atoms with van der Waals surface area (Å²) in [5.41, 5.74) is 3.34. The van der Waals surface area contributed by atoms with Crippen molar-refractivity contribution in [1.29, 1.82) is 0 Å². The maximum Gasteiger partial charge on any atom is 0.264 e. The second-order valence-electron chi connectivity index (χ2n) is 7.50. The van der Waals surface area contributed by atoms with Crippen molar-refractivity contribution < 1.29 is 17.6 Å². The van der Waals surface area contributed by atoms with Crippen LogP contribution in [-0.4, -0.2) is 20.9 Å². The molecule has 0 aliphatic rings. The van der Waals surface area contributed by atoms with Gasteiger partial charge in [-0.3, -0.25) is 9.10 Å². The minimum atomic E-state index is -4.08. The van der Waals surface area contributed by atoms with E-state index in [1.165, 1.54) is 12.1 Å². The van der Waals surface area contributed by atoms with Crippen LogP contribution in [0.5, 0.6) is 0 Å². The zero-order valence-corrected chi connectivity index (χ0v) is 18.5. The van der Waals surface area contributed by atoms with Crippen LogP contribution in [0, 0.1) is 19.7 Å². The number of hydrogen-bond donors (Lipinski definition) is 1. The van der Waals surface area contributed by atoms with Gasteiger partial charge in [-0.15, -0.1) is 0 Å². The minimum absolute atomic E-state index is 0.0890. The van der Waals surface area contributed by atoms with Gasteiger partial charge >= 0.3 is 0 Å². The predicted octanol–water partition coefficient (Wildman–Crippen LogP) is 4.52. The number of nitrogens with one attached hydrogen (secondary N) is 1. The fourth-order valence-corrected chi connectivity index (χ4v) is 4.54. The number of sulfonamides is 1. The highest BCUT2D eigenvalue weighted by atomic mass is 32.2. The third-order valence-electron chi connectivity index (χ3n) is 4.97. The van der Waals surface area contributed by atoms with Crippen LogP contribution >= 0.6 is 0 Å². The number of halogens is 1. The van der Waals surface area contributed by atoms with E-state index < -0.39 is 28.3 Å². The van der Waals surface area contributed by atoms with Gasteiger partial charge in [-0.2, -0.15) is 0 Å². The molecule has 1 atom stereocenters. The van der Waals surface area contributed by atoms with Crippen LogP contribution in [0.1, 0.15) is 29.7 Å². The average molecular weight is 441 g/mol. The molecule has 0 radical (unpaired) electrons. The van der Waals surface area contributed by atoms with Crippen LogP contribution in [0.4, 0.5) is 10.1 Å². The first-order valence-corrected chi connectivity index (χ1v) is 11.3. The summed E-state index contributed by atoms with van der Waals surface area (Å²) in [6.45, 7) is 5.30. The lowest BCUT2D eigenvalue weighted by Crippen LogP contribution is -2.41. The van der Waals surface area contributed by atoms with E-state index in [-0.39, 0.29) is 10.9 Å². The molecule has 3 aromatic carbocycles. The topological polar surface area (TPSA) is 66.5 Å². The third-order valence-corrected chi connectivity index (χ3v) is 6.75. The summed E-state index contributed by atoms with van der Waals surface area (Å²) < 4.78 is 40.9. The molecule has 0 aromatic heterocycles. The highest BCUT2D eigenvalue weighted by Gasteiger charge is 2.27. The average Bonchev–Trinajstić information content (AvgIpc) is 2.73. The fraction of sp³-hybridized carbons (Fsp3) is 0.208. The number of carbonyl (C=O) groups excluding carboxylic acids is 1. The van der Waals surface area contributed by atoms with E-state index in [2.05, 4.69) is 5.32 Å². The van der Waals surface area contributed by atoms with E-state index in [0.717, 1.165) is 33.1 Å². The van der Waals surface area contributed by atoms with Crippen LogP contribution in [0.25, 0.3) is 0 Å². The van der Waals surface area contributed by atoms with E-state index >= 15 is 0 Å². The Bertz CT molecular complexity index is 1140. The maximum absolute atomic E-state index is 13.3. The fourth-order valence-electron chi connectivity index (χ4n) is 3.12. The molecule has 5 nitrogen and oxygen atoms in total. The van der Waals surface area contributed by atoms with Gasteiger partial charge in [-0.05, 0) is 62.7 Å². The van der Waals surface area contributed by atoms with Crippen LogP contribution in [0.2, 0.25) is 0 Å². The first kappa shape index (κ1) is 22.5. The summed E-state index contributed by atoms with van der Waals surface area (Å²) in [5, 5.41) is 2.85. The van der Waals surface area contributed by atoms with Crippen molar-refractivity contribution >= 4 is 21.6 Å². The highest BCUT2D eigenvalue weighted by Crippen LogP contribution is 2.24. The molecule has 0 aliphatic carbocycles. The molecular formula is C24H25FN2O3S. The Labute approximate surface area is 182 Å². The Balaban J connectivity index is 1.87. The molecule has 0 fully saturated rings. The molecule has 0 saturated carbocycles. The molecule has 0 spiro atoms. The first-order valence-electron chi connectivity index (χ1n) is 9.88. The molecule has 162 valence electrons. The molecule has 1 unspecified atom stereocenters. The Hall–Kier alpha value is -3.19. The molecule has 0 saturated heterocycles. The number of nitrogens with zero attached hydrogens (tertiary/aromatic N) is 1. The largest absolute Gasteiger partial charge is 0.348 e. The zero-order chi connectivity index (χ0) is 22.6. The van der Waals surface area contributed by atoms with E-state index in [1.807, 2.05) is 45.0 Å². The van der Waals surface area contributed by atoms with Crippen molar-refractivity contribution in [2.24, 2.45) is 0 Å². The van der Waals surface area contributed by atoms with Gasteiger partial charge in [0.05, 0.1) is 16.6 Å². The summed E-state index contributed by atoms with van der Waals surface area (Å²) in [4.78, 5) is 12.7. The van der Waals surface area contributed by atoms with Gasteiger partial charge in [0.15, 0.2) is 0 Å². The molecule has 7 heteroatoms. The van der Waals surface area contributed by atoms with Crippen LogP contribution in [0.3, 0.4) is 0 Å². The maximum atomic E-state index is 13.3. The summed E-state index contributed by atoms with van der Waals surface area (Å²) in [5.74, 6) is -0.982. The summed E-state index contributed by atoms with van der Waals surface area (Å²) in [6, 6.07) is 18.9. The van der Waals surface area contributed by atoms with Crippen molar-refractivity contribution in [3.63, 3.8) is 0 Å². The standard InChI is InChI=1S/C24H25FN2O3S/c1-17-4-8-20(9-5-17)19(3)26-24(28)16-27(22-12-6-18(2)7-13-22)31(29,30)23-14-10-21(25)11-15-23/h4-15,19H,16H2,1-3H3,(H,26,28). The number of anilines is 1. The second kappa shape index (κ2) is 9.31. The number of rotatable bonds is 7. The Morgan fingerprint density at radius 3 is 1.97 bits per heavy atom. The quantitative estimate of drug-likeness (QED) is 0.588. The lowest BCUT2D eigenvalue weighted by Gasteiger charge is -2.25. The number of aryl methyl sites for hydroxylation is 2. The molecule has 3 aromatic rings. The van der Waals surface area contributed by atoms with Crippen molar-refractivity contribution in [2.45, 2.75) is 31.7 Å². The first-order chi connectivity index (χ1) is 14.7. The Kier molecular flexibility index (Phi) is 6.75. The zero-order valence-electron chi connectivity index (χ0n) is 17.7. The minimum Gasteiger partial charge on any atom is -0.348 e. The predicted molar refractivity (Wildman–Crippen MR) is 120 cm³/mol. The van der Waals surface area contributed by atoms with Gasteiger partial charge in [0, 0.05) is 0 Å². The van der Waals surface area contributed by atoms with Crippen molar-refractivity contribution in [2.75, 3.05) is 10.8 Å². The van der Waals surface area contributed by atoms with E-state index in [1.54, 1.807) is 24.3 Å². The second-order valence-corrected chi connectivity index (χ2v) is 9.36. The molecule has 0 bridgehead atoms. The van der Waals surface area contributed by atoms with Crippen LogP contribution in [0.15, 0.2) is 77.7 Å². The Morgan fingerprint density at radius 2 is 1.42 bits per heavy atom. The number of carbonyl (C=O) groups is 1. The van der Waals surface area contributed by atoms with Crippen molar-refractivity contribution in [3.8, 4) is 0 Å². The lowest BCUT2D eigenvalue weighted by atomic mass is 10.1. The molecular weight excluding hydrogens is 415 g/mol. The molecule has 1 N–H and O–H groups in total. The normalized spacial score (nSPS) is 12.3. The smallest absolute Gasteiger partial charge is 0.264 e. The molecule has 1 amide bonds. The van der Waals surface area contributed by atoms with Crippen LogP contribution in [-0.2, 0) is 14.8 Å². The summed E-state index contributed by atoms with van der Waals surface area (Å²) >= 11 is 0. The Morgan fingerprint density at radius 1 is 0.903 bits per heavy atom. The van der Waals surface area contributed by atoms with Gasteiger partial charge in [0.1, 0.15) is 12.4 Å².